The molecule has 0 saturated heterocycles. The molecule has 0 saturated carbocycles. The molecule has 0 aliphatic carbocycles. The second-order valence-electron chi connectivity index (χ2n) is 9.27. The highest BCUT2D eigenvalue weighted by Crippen LogP contribution is 2.32. The van der Waals surface area contributed by atoms with Gasteiger partial charge < -0.3 is 4.90 Å². The standard InChI is InChI=1S/C24H25F4N5/c1-23(2,3)33-22(29-30-31-33)21(18-5-4-6-19(15-18)24(26,27)28)32-13-11-17(12-14-32)16-7-9-20(25)10-8-16/h4-11,15,21H,12-14H2,1-3H3/p+1/t21-/m1/s1. The first-order valence-electron chi connectivity index (χ1n) is 10.8. The zero-order valence-corrected chi connectivity index (χ0v) is 18.7. The first-order valence-corrected chi connectivity index (χ1v) is 10.8. The topological polar surface area (TPSA) is 48.0 Å². The molecule has 1 N–H and O–H groups in total. The number of alkyl halides is 3. The van der Waals surface area contributed by atoms with Gasteiger partial charge in [0, 0.05) is 12.0 Å². The molecule has 174 valence electrons. The fraction of sp³-hybridized carbons (Fsp3) is 0.375. The lowest BCUT2D eigenvalue weighted by molar-refractivity contribution is -0.921. The van der Waals surface area contributed by atoms with Crippen molar-refractivity contribution in [3.63, 3.8) is 0 Å². The van der Waals surface area contributed by atoms with Crippen molar-refractivity contribution in [2.75, 3.05) is 13.1 Å². The molecule has 0 fully saturated rings. The van der Waals surface area contributed by atoms with Crippen LogP contribution in [0.25, 0.3) is 5.57 Å². The van der Waals surface area contributed by atoms with Crippen molar-refractivity contribution in [2.45, 2.75) is 44.9 Å². The van der Waals surface area contributed by atoms with Crippen LogP contribution in [0.15, 0.2) is 54.6 Å². The monoisotopic (exact) mass is 460 g/mol. The van der Waals surface area contributed by atoms with Gasteiger partial charge in [-0.2, -0.15) is 13.2 Å². The van der Waals surface area contributed by atoms with E-state index >= 15 is 0 Å². The average molecular weight is 460 g/mol. The Morgan fingerprint density at radius 2 is 1.76 bits per heavy atom. The van der Waals surface area contributed by atoms with Gasteiger partial charge in [0.05, 0.1) is 24.2 Å². The zero-order chi connectivity index (χ0) is 23.8. The number of benzene rings is 2. The summed E-state index contributed by atoms with van der Waals surface area (Å²) in [6.07, 6.45) is -1.67. The van der Waals surface area contributed by atoms with Gasteiger partial charge in [-0.25, -0.2) is 9.07 Å². The highest BCUT2D eigenvalue weighted by Gasteiger charge is 2.37. The summed E-state index contributed by atoms with van der Waals surface area (Å²) in [5, 5.41) is 12.2. The second-order valence-corrected chi connectivity index (χ2v) is 9.27. The number of aromatic nitrogens is 4. The SMILES string of the molecule is CC(C)(C)n1nnnc1[C@@H](c1cccc(C(F)(F)F)c1)[NH+]1CC=C(c2ccc(F)cc2)CC1. The van der Waals surface area contributed by atoms with Gasteiger partial charge in [0.2, 0.25) is 5.82 Å². The quantitative estimate of drug-likeness (QED) is 0.598. The van der Waals surface area contributed by atoms with E-state index in [9.17, 15) is 17.6 Å². The summed E-state index contributed by atoms with van der Waals surface area (Å²) >= 11 is 0. The van der Waals surface area contributed by atoms with Crippen LogP contribution >= 0.6 is 0 Å². The number of nitrogens with zero attached hydrogens (tertiary/aromatic N) is 4. The second kappa shape index (κ2) is 8.70. The summed E-state index contributed by atoms with van der Waals surface area (Å²) < 4.78 is 55.4. The molecule has 1 aliphatic heterocycles. The molecule has 33 heavy (non-hydrogen) atoms. The van der Waals surface area contributed by atoms with Crippen LogP contribution in [0.1, 0.15) is 55.7 Å². The van der Waals surface area contributed by atoms with Gasteiger partial charge in [0.1, 0.15) is 5.82 Å². The molecule has 0 bridgehead atoms. The smallest absolute Gasteiger partial charge is 0.319 e. The molecule has 0 spiro atoms. The van der Waals surface area contributed by atoms with E-state index in [4.69, 9.17) is 0 Å². The molecule has 1 aromatic heterocycles. The van der Waals surface area contributed by atoms with E-state index in [0.717, 1.165) is 22.1 Å². The Morgan fingerprint density at radius 3 is 2.36 bits per heavy atom. The van der Waals surface area contributed by atoms with Gasteiger partial charge in [-0.1, -0.05) is 24.3 Å². The fourth-order valence-corrected chi connectivity index (χ4v) is 4.26. The van der Waals surface area contributed by atoms with Crippen LogP contribution in [0.5, 0.6) is 0 Å². The highest BCUT2D eigenvalue weighted by molar-refractivity contribution is 5.66. The summed E-state index contributed by atoms with van der Waals surface area (Å²) in [6, 6.07) is 11.3. The molecular formula is C24H26F4N5+. The Kier molecular flexibility index (Phi) is 6.09. The van der Waals surface area contributed by atoms with E-state index in [0.29, 0.717) is 30.9 Å². The number of hydrogen-bond donors (Lipinski definition) is 1. The third-order valence-corrected chi connectivity index (χ3v) is 5.88. The lowest BCUT2D eigenvalue weighted by Crippen LogP contribution is -3.13. The maximum Gasteiger partial charge on any atom is 0.416 e. The molecule has 2 aromatic carbocycles. The van der Waals surface area contributed by atoms with Gasteiger partial charge in [-0.15, -0.1) is 5.10 Å². The van der Waals surface area contributed by atoms with Gasteiger partial charge >= 0.3 is 6.18 Å². The van der Waals surface area contributed by atoms with Crippen LogP contribution in [0.4, 0.5) is 17.6 Å². The van der Waals surface area contributed by atoms with Crippen LogP contribution in [-0.4, -0.2) is 33.3 Å². The number of rotatable bonds is 4. The first-order chi connectivity index (χ1) is 15.5. The maximum absolute atomic E-state index is 13.5. The van der Waals surface area contributed by atoms with Crippen LogP contribution in [0.2, 0.25) is 0 Å². The Morgan fingerprint density at radius 1 is 1.03 bits per heavy atom. The summed E-state index contributed by atoms with van der Waals surface area (Å²) in [7, 11) is 0. The zero-order valence-electron chi connectivity index (χ0n) is 18.7. The minimum Gasteiger partial charge on any atom is -0.319 e. The number of tetrazole rings is 1. The molecule has 1 aliphatic rings. The van der Waals surface area contributed by atoms with E-state index in [1.165, 1.54) is 24.3 Å². The van der Waals surface area contributed by atoms with Gasteiger partial charge in [0.25, 0.3) is 0 Å². The van der Waals surface area contributed by atoms with Crippen molar-refractivity contribution in [2.24, 2.45) is 0 Å². The molecule has 3 aromatic rings. The van der Waals surface area contributed by atoms with Gasteiger partial charge in [0.15, 0.2) is 6.04 Å². The van der Waals surface area contributed by atoms with Crippen LogP contribution < -0.4 is 4.90 Å². The van der Waals surface area contributed by atoms with E-state index in [1.807, 2.05) is 20.8 Å². The van der Waals surface area contributed by atoms with E-state index < -0.39 is 23.3 Å². The van der Waals surface area contributed by atoms with Crippen molar-refractivity contribution in [1.82, 2.24) is 20.2 Å². The molecule has 5 nitrogen and oxygen atoms in total. The predicted molar refractivity (Wildman–Crippen MR) is 116 cm³/mol. The third-order valence-electron chi connectivity index (χ3n) is 5.88. The number of halogens is 4. The fourth-order valence-electron chi connectivity index (χ4n) is 4.26. The lowest BCUT2D eigenvalue weighted by Gasteiger charge is -2.32. The highest BCUT2D eigenvalue weighted by atomic mass is 19.4. The van der Waals surface area contributed by atoms with E-state index in [2.05, 4.69) is 21.6 Å². The predicted octanol–water partition coefficient (Wildman–Crippen LogP) is 4.05. The van der Waals surface area contributed by atoms with E-state index in [-0.39, 0.29) is 5.82 Å². The van der Waals surface area contributed by atoms with Crippen LogP contribution in [0, 0.1) is 5.82 Å². The number of hydrogen-bond acceptors (Lipinski definition) is 3. The van der Waals surface area contributed by atoms with Crippen LogP contribution in [0.3, 0.4) is 0 Å². The molecule has 9 heteroatoms. The minimum atomic E-state index is -4.44. The summed E-state index contributed by atoms with van der Waals surface area (Å²) in [5.74, 6) is 0.233. The van der Waals surface area contributed by atoms with Crippen molar-refractivity contribution in [3.8, 4) is 0 Å². The molecule has 2 heterocycles. The van der Waals surface area contributed by atoms with Crippen molar-refractivity contribution in [3.05, 3.63) is 82.9 Å². The normalized spacial score (nSPS) is 18.2. The Labute approximate surface area is 189 Å². The lowest BCUT2D eigenvalue weighted by atomic mass is 9.95. The number of quaternary nitrogens is 1. The van der Waals surface area contributed by atoms with Crippen molar-refractivity contribution in [1.29, 1.82) is 0 Å². The average Bonchev–Trinajstić information content (AvgIpc) is 3.25. The maximum atomic E-state index is 13.5. The van der Waals surface area contributed by atoms with Gasteiger partial charge in [-0.3, -0.25) is 0 Å². The molecule has 0 amide bonds. The van der Waals surface area contributed by atoms with Crippen molar-refractivity contribution >= 4 is 5.57 Å². The number of nitrogens with one attached hydrogen (secondary N) is 1. The third kappa shape index (κ3) is 4.98. The van der Waals surface area contributed by atoms with Gasteiger partial charge in [-0.05, 0) is 72.7 Å². The molecule has 2 atom stereocenters. The summed E-state index contributed by atoms with van der Waals surface area (Å²) in [6.45, 7) is 7.10. The van der Waals surface area contributed by atoms with Crippen molar-refractivity contribution < 1.29 is 22.5 Å². The summed E-state index contributed by atoms with van der Waals surface area (Å²) in [4.78, 5) is 1.04. The Bertz CT molecular complexity index is 1140. The molecule has 1 unspecified atom stereocenters. The van der Waals surface area contributed by atoms with E-state index in [1.54, 1.807) is 22.9 Å². The Balaban J connectivity index is 1.74. The molecule has 0 radical (unpaired) electrons. The summed E-state index contributed by atoms with van der Waals surface area (Å²) in [5.41, 5.74) is 1.42. The Hall–Kier alpha value is -3.07. The molecule has 4 rings (SSSR count). The minimum absolute atomic E-state index is 0.291. The first kappa shape index (κ1) is 23.1. The largest absolute Gasteiger partial charge is 0.416 e. The van der Waals surface area contributed by atoms with Crippen LogP contribution in [-0.2, 0) is 11.7 Å². The molecular weight excluding hydrogens is 434 g/mol.